The highest BCUT2D eigenvalue weighted by Gasteiger charge is 2.26. The SMILES string of the molecule is CCOC(=O)N1CCN(C(=O)c2cncc(C(=O)NCCOC)c2)CC1. The lowest BCUT2D eigenvalue weighted by atomic mass is 10.1. The Labute approximate surface area is 152 Å². The second-order valence-corrected chi connectivity index (χ2v) is 5.69. The van der Waals surface area contributed by atoms with Crippen molar-refractivity contribution in [3.63, 3.8) is 0 Å². The number of rotatable bonds is 6. The summed E-state index contributed by atoms with van der Waals surface area (Å²) in [6, 6.07) is 1.52. The maximum atomic E-state index is 12.6. The molecule has 1 aromatic heterocycles. The van der Waals surface area contributed by atoms with Gasteiger partial charge >= 0.3 is 6.09 Å². The van der Waals surface area contributed by atoms with Gasteiger partial charge in [0.25, 0.3) is 11.8 Å². The van der Waals surface area contributed by atoms with Gasteiger partial charge in [-0.3, -0.25) is 14.6 Å². The van der Waals surface area contributed by atoms with Crippen LogP contribution >= 0.6 is 0 Å². The van der Waals surface area contributed by atoms with Gasteiger partial charge in [0.1, 0.15) is 0 Å². The molecule has 0 saturated carbocycles. The van der Waals surface area contributed by atoms with Crippen molar-refractivity contribution in [2.75, 3.05) is 53.0 Å². The molecule has 0 bridgehead atoms. The smallest absolute Gasteiger partial charge is 0.409 e. The summed E-state index contributed by atoms with van der Waals surface area (Å²) in [4.78, 5) is 43.6. The summed E-state index contributed by atoms with van der Waals surface area (Å²) in [7, 11) is 1.55. The molecule has 1 N–H and O–H groups in total. The number of hydrogen-bond donors (Lipinski definition) is 1. The Kier molecular flexibility index (Phi) is 7.34. The molecular weight excluding hydrogens is 340 g/mol. The number of hydrogen-bond acceptors (Lipinski definition) is 6. The van der Waals surface area contributed by atoms with E-state index in [1.165, 1.54) is 18.5 Å². The second-order valence-electron chi connectivity index (χ2n) is 5.69. The fourth-order valence-electron chi connectivity index (χ4n) is 2.54. The predicted octanol–water partition coefficient (Wildman–Crippen LogP) is 0.372. The van der Waals surface area contributed by atoms with Gasteiger partial charge in [-0.05, 0) is 13.0 Å². The zero-order valence-electron chi connectivity index (χ0n) is 15.1. The third-order valence-electron chi connectivity index (χ3n) is 3.93. The Morgan fingerprint density at radius 3 is 2.42 bits per heavy atom. The van der Waals surface area contributed by atoms with Gasteiger partial charge in [0.2, 0.25) is 0 Å². The van der Waals surface area contributed by atoms with Crippen molar-refractivity contribution >= 4 is 17.9 Å². The van der Waals surface area contributed by atoms with E-state index < -0.39 is 0 Å². The van der Waals surface area contributed by atoms with E-state index in [-0.39, 0.29) is 17.9 Å². The van der Waals surface area contributed by atoms with Crippen LogP contribution in [0.25, 0.3) is 0 Å². The summed E-state index contributed by atoms with van der Waals surface area (Å²) in [5, 5.41) is 2.69. The number of piperazine rings is 1. The number of pyridine rings is 1. The highest BCUT2D eigenvalue weighted by molar-refractivity contribution is 5.99. The van der Waals surface area contributed by atoms with Crippen LogP contribution in [0.3, 0.4) is 0 Å². The first kappa shape index (κ1) is 19.6. The van der Waals surface area contributed by atoms with Crippen LogP contribution in [0.2, 0.25) is 0 Å². The molecule has 0 aromatic carbocycles. The Morgan fingerprint density at radius 2 is 1.77 bits per heavy atom. The lowest BCUT2D eigenvalue weighted by Crippen LogP contribution is -2.50. The number of carbonyl (C=O) groups excluding carboxylic acids is 3. The molecule has 142 valence electrons. The van der Waals surface area contributed by atoms with Crippen LogP contribution in [0.1, 0.15) is 27.6 Å². The van der Waals surface area contributed by atoms with Crippen LogP contribution < -0.4 is 5.32 Å². The molecule has 1 aromatic rings. The van der Waals surface area contributed by atoms with Crippen LogP contribution in [0.5, 0.6) is 0 Å². The molecule has 0 spiro atoms. The minimum Gasteiger partial charge on any atom is -0.450 e. The van der Waals surface area contributed by atoms with Gasteiger partial charge in [0, 0.05) is 52.2 Å². The minimum atomic E-state index is -0.365. The molecule has 1 fully saturated rings. The van der Waals surface area contributed by atoms with E-state index in [1.54, 1.807) is 23.8 Å². The fraction of sp³-hybridized carbons (Fsp3) is 0.529. The predicted molar refractivity (Wildman–Crippen MR) is 92.9 cm³/mol. The van der Waals surface area contributed by atoms with E-state index in [0.717, 1.165) is 0 Å². The molecule has 1 saturated heterocycles. The van der Waals surface area contributed by atoms with Gasteiger partial charge in [-0.15, -0.1) is 0 Å². The van der Waals surface area contributed by atoms with E-state index >= 15 is 0 Å². The zero-order valence-corrected chi connectivity index (χ0v) is 15.1. The van der Waals surface area contributed by atoms with Crippen LogP contribution in [0, 0.1) is 0 Å². The van der Waals surface area contributed by atoms with Crippen molar-refractivity contribution in [3.05, 3.63) is 29.6 Å². The van der Waals surface area contributed by atoms with Crippen molar-refractivity contribution < 1.29 is 23.9 Å². The Balaban J connectivity index is 1.95. The second kappa shape index (κ2) is 9.71. The Hall–Kier alpha value is -2.68. The van der Waals surface area contributed by atoms with E-state index in [1.807, 2.05) is 0 Å². The van der Waals surface area contributed by atoms with Crippen molar-refractivity contribution in [2.24, 2.45) is 0 Å². The Morgan fingerprint density at radius 1 is 1.12 bits per heavy atom. The number of amides is 3. The molecule has 1 aliphatic heterocycles. The number of nitrogens with one attached hydrogen (secondary N) is 1. The average molecular weight is 364 g/mol. The number of aromatic nitrogens is 1. The molecule has 1 aliphatic rings. The molecule has 0 atom stereocenters. The van der Waals surface area contributed by atoms with E-state index in [4.69, 9.17) is 9.47 Å². The summed E-state index contributed by atoms with van der Waals surface area (Å²) in [5.74, 6) is -0.524. The van der Waals surface area contributed by atoms with Crippen molar-refractivity contribution in [1.82, 2.24) is 20.1 Å². The maximum Gasteiger partial charge on any atom is 0.409 e. The third kappa shape index (κ3) is 5.16. The largest absolute Gasteiger partial charge is 0.450 e. The fourth-order valence-corrected chi connectivity index (χ4v) is 2.54. The summed E-state index contributed by atoms with van der Waals surface area (Å²) >= 11 is 0. The van der Waals surface area contributed by atoms with Gasteiger partial charge in [0.15, 0.2) is 0 Å². The molecule has 0 unspecified atom stereocenters. The normalized spacial score (nSPS) is 14.1. The minimum absolute atomic E-state index is 0.215. The lowest BCUT2D eigenvalue weighted by molar-refractivity contribution is 0.0570. The number of ether oxygens (including phenoxy) is 2. The van der Waals surface area contributed by atoms with E-state index in [2.05, 4.69) is 10.3 Å². The molecule has 0 aliphatic carbocycles. The summed E-state index contributed by atoms with van der Waals surface area (Å²) < 4.78 is 9.85. The van der Waals surface area contributed by atoms with Crippen LogP contribution in [0.15, 0.2) is 18.5 Å². The first-order valence-corrected chi connectivity index (χ1v) is 8.50. The maximum absolute atomic E-state index is 12.6. The molecule has 2 heterocycles. The highest BCUT2D eigenvalue weighted by Crippen LogP contribution is 2.11. The van der Waals surface area contributed by atoms with Crippen molar-refractivity contribution in [3.8, 4) is 0 Å². The zero-order chi connectivity index (χ0) is 18.9. The number of carbonyl (C=O) groups is 3. The highest BCUT2D eigenvalue weighted by atomic mass is 16.6. The summed E-state index contributed by atoms with van der Waals surface area (Å²) in [6.45, 7) is 4.49. The molecule has 26 heavy (non-hydrogen) atoms. The van der Waals surface area contributed by atoms with Gasteiger partial charge < -0.3 is 24.6 Å². The number of nitrogens with zero attached hydrogens (tertiary/aromatic N) is 3. The molecule has 0 radical (unpaired) electrons. The van der Waals surface area contributed by atoms with Gasteiger partial charge in [0.05, 0.1) is 24.3 Å². The van der Waals surface area contributed by atoms with Gasteiger partial charge in [-0.1, -0.05) is 0 Å². The number of methoxy groups -OCH3 is 1. The van der Waals surface area contributed by atoms with Crippen LogP contribution in [-0.2, 0) is 9.47 Å². The summed E-state index contributed by atoms with van der Waals surface area (Å²) in [6.07, 6.45) is 2.49. The molecule has 2 rings (SSSR count). The first-order chi connectivity index (χ1) is 12.6. The average Bonchev–Trinajstić information content (AvgIpc) is 2.68. The van der Waals surface area contributed by atoms with Crippen molar-refractivity contribution in [2.45, 2.75) is 6.92 Å². The van der Waals surface area contributed by atoms with Gasteiger partial charge in [-0.2, -0.15) is 0 Å². The van der Waals surface area contributed by atoms with Crippen LogP contribution in [0.4, 0.5) is 4.79 Å². The molecular formula is C17H24N4O5. The quantitative estimate of drug-likeness (QED) is 0.732. The summed E-state index contributed by atoms with van der Waals surface area (Å²) in [5.41, 5.74) is 0.658. The standard InChI is InChI=1S/C17H24N4O5/c1-3-26-17(24)21-7-5-20(6-8-21)16(23)14-10-13(11-18-12-14)15(22)19-4-9-25-2/h10-12H,3-9H2,1-2H3,(H,19,22). The Bertz CT molecular complexity index is 644. The van der Waals surface area contributed by atoms with Crippen molar-refractivity contribution in [1.29, 1.82) is 0 Å². The lowest BCUT2D eigenvalue weighted by Gasteiger charge is -2.34. The van der Waals surface area contributed by atoms with E-state index in [0.29, 0.717) is 57.1 Å². The topological polar surface area (TPSA) is 101 Å². The molecule has 3 amide bonds. The third-order valence-corrected chi connectivity index (χ3v) is 3.93. The van der Waals surface area contributed by atoms with E-state index in [9.17, 15) is 14.4 Å². The first-order valence-electron chi connectivity index (χ1n) is 8.50. The monoisotopic (exact) mass is 364 g/mol. The molecule has 9 heteroatoms. The van der Waals surface area contributed by atoms with Crippen LogP contribution in [-0.4, -0.2) is 85.7 Å². The molecule has 9 nitrogen and oxygen atoms in total. The van der Waals surface area contributed by atoms with Gasteiger partial charge in [-0.25, -0.2) is 4.79 Å².